The maximum Gasteiger partial charge on any atom is 0.287 e. The van der Waals surface area contributed by atoms with Crippen LogP contribution >= 0.6 is 11.6 Å². The number of halogens is 3. The highest BCUT2D eigenvalue weighted by molar-refractivity contribution is 6.32. The van der Waals surface area contributed by atoms with E-state index in [1.807, 2.05) is 0 Å². The monoisotopic (exact) mass is 251 g/mol. The first kappa shape index (κ1) is 12.8. The Morgan fingerprint density at radius 2 is 2.12 bits per heavy atom. The summed E-state index contributed by atoms with van der Waals surface area (Å²) in [7, 11) is 0. The fourth-order valence-corrected chi connectivity index (χ4v) is 1.42. The van der Waals surface area contributed by atoms with Crippen molar-refractivity contribution in [3.8, 4) is 0 Å². The Balaban J connectivity index is 3.10. The van der Waals surface area contributed by atoms with Crippen molar-refractivity contribution >= 4 is 17.3 Å². The van der Waals surface area contributed by atoms with Crippen LogP contribution in [0.15, 0.2) is 18.2 Å². The first-order chi connectivity index (χ1) is 7.38. The molecule has 0 aliphatic carbocycles. The molecule has 16 heavy (non-hydrogen) atoms. The van der Waals surface area contributed by atoms with Gasteiger partial charge in [-0.3, -0.25) is 10.1 Å². The number of alkyl halides is 2. The van der Waals surface area contributed by atoms with Crippen molar-refractivity contribution in [3.05, 3.63) is 38.9 Å². The van der Waals surface area contributed by atoms with Gasteiger partial charge in [-0.25, -0.2) is 8.78 Å². The molecule has 0 aliphatic heterocycles. The molecule has 0 fully saturated rings. The molecule has 7 heteroatoms. The number of hydrogen-bond acceptors (Lipinski definition) is 3. The third kappa shape index (κ3) is 2.65. The van der Waals surface area contributed by atoms with Gasteiger partial charge in [-0.05, 0) is 12.1 Å². The summed E-state index contributed by atoms with van der Waals surface area (Å²) in [6.45, 7) is -0.679. The van der Waals surface area contributed by atoms with Gasteiger partial charge >= 0.3 is 0 Å². The van der Waals surface area contributed by atoms with Crippen LogP contribution in [-0.4, -0.2) is 16.6 Å². The summed E-state index contributed by atoms with van der Waals surface area (Å²) < 4.78 is 26.6. The molecule has 0 saturated carbocycles. The molecule has 0 atom stereocenters. The van der Waals surface area contributed by atoms with E-state index in [1.165, 1.54) is 0 Å². The van der Waals surface area contributed by atoms with Crippen molar-refractivity contribution in [3.63, 3.8) is 0 Å². The average molecular weight is 252 g/mol. The molecule has 0 unspecified atom stereocenters. The Morgan fingerprint density at radius 3 is 2.56 bits per heavy atom. The van der Waals surface area contributed by atoms with Gasteiger partial charge in [-0.2, -0.15) is 0 Å². The minimum absolute atomic E-state index is 0.347. The number of rotatable bonds is 4. The number of nitro groups is 1. The molecule has 4 nitrogen and oxygen atoms in total. The maximum absolute atomic E-state index is 13.3. The predicted molar refractivity (Wildman–Crippen MR) is 53.7 cm³/mol. The zero-order chi connectivity index (χ0) is 12.3. The van der Waals surface area contributed by atoms with Crippen molar-refractivity contribution in [2.45, 2.75) is 12.3 Å². The van der Waals surface area contributed by atoms with Gasteiger partial charge in [0.15, 0.2) is 0 Å². The van der Waals surface area contributed by atoms with Crippen LogP contribution in [0.25, 0.3) is 0 Å². The minimum Gasteiger partial charge on any atom is -0.396 e. The minimum atomic E-state index is -3.24. The lowest BCUT2D eigenvalue weighted by Gasteiger charge is -2.15. The van der Waals surface area contributed by atoms with Gasteiger partial charge in [0.25, 0.3) is 11.6 Å². The van der Waals surface area contributed by atoms with Crippen LogP contribution < -0.4 is 0 Å². The van der Waals surface area contributed by atoms with E-state index in [-0.39, 0.29) is 5.02 Å². The molecule has 0 radical (unpaired) electrons. The Kier molecular flexibility index (Phi) is 3.77. The van der Waals surface area contributed by atoms with Crippen molar-refractivity contribution in [1.29, 1.82) is 0 Å². The third-order valence-electron chi connectivity index (χ3n) is 1.99. The van der Waals surface area contributed by atoms with E-state index in [0.29, 0.717) is 0 Å². The lowest BCUT2D eigenvalue weighted by atomic mass is 10.1. The van der Waals surface area contributed by atoms with E-state index in [4.69, 9.17) is 16.7 Å². The van der Waals surface area contributed by atoms with Crippen LogP contribution in [0, 0.1) is 10.1 Å². The summed E-state index contributed by atoms with van der Waals surface area (Å²) in [5, 5.41) is 18.5. The second-order valence-corrected chi connectivity index (χ2v) is 3.51. The lowest BCUT2D eigenvalue weighted by Crippen LogP contribution is -2.15. The summed E-state index contributed by atoms with van der Waals surface area (Å²) in [6, 6.07) is 2.69. The number of aliphatic hydroxyl groups excluding tert-OH is 1. The molecule has 0 aliphatic rings. The highest BCUT2D eigenvalue weighted by Crippen LogP contribution is 2.35. The average Bonchev–Trinajstić information content (AvgIpc) is 2.16. The van der Waals surface area contributed by atoms with Crippen LogP contribution in [0.3, 0.4) is 0 Å². The first-order valence-corrected chi connectivity index (χ1v) is 4.69. The van der Waals surface area contributed by atoms with Gasteiger partial charge in [0.1, 0.15) is 5.02 Å². The maximum atomic E-state index is 13.3. The van der Waals surface area contributed by atoms with Crippen molar-refractivity contribution in [1.82, 2.24) is 0 Å². The van der Waals surface area contributed by atoms with Crippen LogP contribution in [0.1, 0.15) is 12.0 Å². The zero-order valence-corrected chi connectivity index (χ0v) is 8.75. The molecule has 1 aromatic rings. The van der Waals surface area contributed by atoms with Crippen LogP contribution in [0.4, 0.5) is 14.5 Å². The summed E-state index contributed by atoms with van der Waals surface area (Å²) in [6.07, 6.45) is -0.749. The highest BCUT2D eigenvalue weighted by Gasteiger charge is 2.32. The summed E-state index contributed by atoms with van der Waals surface area (Å²) in [4.78, 5) is 9.65. The van der Waals surface area contributed by atoms with E-state index in [9.17, 15) is 18.9 Å². The Bertz CT molecular complexity index is 412. The molecule has 88 valence electrons. The fraction of sp³-hybridized carbons (Fsp3) is 0.333. The molecule has 1 aromatic carbocycles. The lowest BCUT2D eigenvalue weighted by molar-refractivity contribution is -0.384. The van der Waals surface area contributed by atoms with Gasteiger partial charge in [0.2, 0.25) is 0 Å². The van der Waals surface area contributed by atoms with E-state index in [2.05, 4.69) is 0 Å². The van der Waals surface area contributed by atoms with Crippen molar-refractivity contribution in [2.75, 3.05) is 6.61 Å². The number of benzene rings is 1. The number of nitrogens with zero attached hydrogens (tertiary/aromatic N) is 1. The molecule has 0 bridgehead atoms. The number of aliphatic hydroxyl groups is 1. The molecule has 1 N–H and O–H groups in total. The molecular weight excluding hydrogens is 244 g/mol. The van der Waals surface area contributed by atoms with Crippen molar-refractivity contribution in [2.24, 2.45) is 0 Å². The SMILES string of the molecule is O=[N+]([O-])c1ccc(C(F)(F)CCO)cc1Cl. The van der Waals surface area contributed by atoms with Gasteiger partial charge in [-0.1, -0.05) is 11.6 Å². The molecule has 0 amide bonds. The fourth-order valence-electron chi connectivity index (χ4n) is 1.17. The van der Waals surface area contributed by atoms with Crippen LogP contribution in [-0.2, 0) is 5.92 Å². The van der Waals surface area contributed by atoms with Crippen LogP contribution in [0.2, 0.25) is 5.02 Å². The van der Waals surface area contributed by atoms with Gasteiger partial charge in [0.05, 0.1) is 4.92 Å². The van der Waals surface area contributed by atoms with Gasteiger partial charge < -0.3 is 5.11 Å². The number of hydrogen-bond donors (Lipinski definition) is 1. The van der Waals surface area contributed by atoms with Crippen LogP contribution in [0.5, 0.6) is 0 Å². The van der Waals surface area contributed by atoms with Gasteiger partial charge in [0, 0.05) is 24.7 Å². The largest absolute Gasteiger partial charge is 0.396 e. The highest BCUT2D eigenvalue weighted by atomic mass is 35.5. The molecule has 0 heterocycles. The first-order valence-electron chi connectivity index (χ1n) is 4.31. The van der Waals surface area contributed by atoms with E-state index in [0.717, 1.165) is 18.2 Å². The van der Waals surface area contributed by atoms with E-state index < -0.39 is 35.1 Å². The Morgan fingerprint density at radius 1 is 1.50 bits per heavy atom. The zero-order valence-electron chi connectivity index (χ0n) is 7.99. The van der Waals surface area contributed by atoms with E-state index in [1.54, 1.807) is 0 Å². The molecule has 1 rings (SSSR count). The molecular formula is C9H8ClF2NO3. The Hall–Kier alpha value is -1.27. The summed E-state index contributed by atoms with van der Waals surface area (Å²) in [5.41, 5.74) is -0.873. The second-order valence-electron chi connectivity index (χ2n) is 3.10. The standard InChI is InChI=1S/C9H8ClF2NO3/c10-7-5-6(9(11,12)3-4-14)1-2-8(7)13(15)16/h1-2,5,14H,3-4H2. The second kappa shape index (κ2) is 4.71. The third-order valence-corrected chi connectivity index (χ3v) is 2.30. The molecule has 0 spiro atoms. The van der Waals surface area contributed by atoms with Gasteiger partial charge in [-0.15, -0.1) is 0 Å². The molecule has 0 saturated heterocycles. The van der Waals surface area contributed by atoms with Crippen molar-refractivity contribution < 1.29 is 18.8 Å². The number of nitro benzene ring substituents is 1. The smallest absolute Gasteiger partial charge is 0.287 e. The Labute approximate surface area is 94.6 Å². The quantitative estimate of drug-likeness (QED) is 0.661. The summed E-state index contributed by atoms with van der Waals surface area (Å²) >= 11 is 5.49. The summed E-state index contributed by atoms with van der Waals surface area (Å²) in [5.74, 6) is -3.24. The van der Waals surface area contributed by atoms with E-state index >= 15 is 0 Å². The predicted octanol–water partition coefficient (Wildman–Crippen LogP) is 2.72. The molecule has 0 aromatic heterocycles. The normalized spacial score (nSPS) is 11.5. The topological polar surface area (TPSA) is 63.4 Å².